The molecule has 16 nitrogen and oxygen atoms in total. The summed E-state index contributed by atoms with van der Waals surface area (Å²) in [7, 11) is 4.50. The lowest BCUT2D eigenvalue weighted by atomic mass is 10.0. The van der Waals surface area contributed by atoms with E-state index in [2.05, 4.69) is 15.4 Å². The van der Waals surface area contributed by atoms with E-state index in [1.54, 1.807) is 104 Å². The maximum atomic E-state index is 12.1. The van der Waals surface area contributed by atoms with Crippen LogP contribution in [0.2, 0.25) is 0 Å². The average molecular weight is 771 g/mol. The topological polar surface area (TPSA) is 215 Å². The zero-order chi connectivity index (χ0) is 41.9. The third-order valence-corrected chi connectivity index (χ3v) is 7.16. The molecule has 0 spiro atoms. The molecule has 16 heteroatoms. The highest BCUT2D eigenvalue weighted by molar-refractivity contribution is 5.98. The van der Waals surface area contributed by atoms with Crippen LogP contribution in [0.1, 0.15) is 99.1 Å². The molecule has 0 heterocycles. The Labute approximate surface area is 321 Å². The third-order valence-electron chi connectivity index (χ3n) is 7.16. The number of nitrogens with zero attached hydrogens (tertiary/aromatic N) is 2. The van der Waals surface area contributed by atoms with Crippen molar-refractivity contribution in [2.24, 2.45) is 0 Å². The van der Waals surface area contributed by atoms with Crippen LogP contribution in [0.15, 0.2) is 48.5 Å². The molecule has 0 saturated carbocycles. The fourth-order valence-electron chi connectivity index (χ4n) is 4.34. The summed E-state index contributed by atoms with van der Waals surface area (Å²) in [5, 5.41) is 13.4. The first-order chi connectivity index (χ1) is 25.5. The first kappa shape index (κ1) is 47.2. The molecule has 2 aromatic carbocycles. The van der Waals surface area contributed by atoms with E-state index in [0.29, 0.717) is 24.2 Å². The van der Waals surface area contributed by atoms with E-state index >= 15 is 0 Å². The zero-order valence-electron chi connectivity index (χ0n) is 33.1. The smallest absolute Gasteiger partial charge is 0.408 e. The van der Waals surface area contributed by atoms with Crippen molar-refractivity contribution in [1.29, 1.82) is 0 Å². The Kier molecular flexibility index (Phi) is 19.3. The van der Waals surface area contributed by atoms with Crippen molar-refractivity contribution in [3.05, 3.63) is 70.8 Å². The van der Waals surface area contributed by atoms with Crippen LogP contribution < -0.4 is 10.6 Å². The van der Waals surface area contributed by atoms with Crippen LogP contribution in [-0.2, 0) is 46.5 Å². The van der Waals surface area contributed by atoms with Gasteiger partial charge in [-0.3, -0.25) is 28.8 Å². The molecule has 302 valence electrons. The molecule has 0 unspecified atom stereocenters. The fourth-order valence-corrected chi connectivity index (χ4v) is 4.34. The molecule has 0 atom stereocenters. The van der Waals surface area contributed by atoms with Gasteiger partial charge in [0.1, 0.15) is 24.3 Å². The molecule has 0 bridgehead atoms. The van der Waals surface area contributed by atoms with Gasteiger partial charge in [0, 0.05) is 51.2 Å². The van der Waals surface area contributed by atoms with Gasteiger partial charge in [-0.15, -0.1) is 0 Å². The Morgan fingerprint density at radius 3 is 1.24 bits per heavy atom. The summed E-state index contributed by atoms with van der Waals surface area (Å²) in [5.74, 6) is -2.39. The summed E-state index contributed by atoms with van der Waals surface area (Å²) in [5.41, 5.74) is 1.29. The van der Waals surface area contributed by atoms with Crippen molar-refractivity contribution in [2.75, 3.05) is 34.3 Å². The Bertz CT molecular complexity index is 1640. The van der Waals surface area contributed by atoms with Crippen LogP contribution in [0.4, 0.5) is 9.59 Å². The monoisotopic (exact) mass is 770 g/mol. The van der Waals surface area contributed by atoms with Gasteiger partial charge in [-0.25, -0.2) is 9.59 Å². The number of ether oxygens (including phenoxy) is 3. The molecule has 0 aliphatic rings. The quantitative estimate of drug-likeness (QED) is 0.122. The Morgan fingerprint density at radius 1 is 0.582 bits per heavy atom. The minimum Gasteiger partial charge on any atom is -0.481 e. The molecule has 0 fully saturated rings. The predicted octanol–water partition coefficient (Wildman–Crippen LogP) is 4.52. The van der Waals surface area contributed by atoms with Gasteiger partial charge >= 0.3 is 24.1 Å². The number of amides is 4. The Hall–Kier alpha value is -5.80. The SMILES string of the molecule is CN(Cc1ccc(C(=O)CCC(=O)O)cc1)C(=O)CNC(=O)OC(C)(C)C.COC(=O)CCC(=O)c1ccc(CN(C)C(=O)CNC(=O)OC(C)(C)C)cc1. The number of methoxy groups -OCH3 is 1. The second kappa shape index (κ2) is 22.4. The van der Waals surface area contributed by atoms with Gasteiger partial charge in [0.25, 0.3) is 0 Å². The van der Waals surface area contributed by atoms with Gasteiger partial charge in [0.05, 0.1) is 20.0 Å². The van der Waals surface area contributed by atoms with Gasteiger partial charge in [-0.2, -0.15) is 0 Å². The average Bonchev–Trinajstić information content (AvgIpc) is 3.09. The minimum absolute atomic E-state index is 0.0406. The van der Waals surface area contributed by atoms with E-state index in [4.69, 9.17) is 14.6 Å². The number of alkyl carbamates (subject to hydrolysis) is 2. The molecular formula is C39H54N4O12. The molecule has 4 amide bonds. The molecule has 3 N–H and O–H groups in total. The summed E-state index contributed by atoms with van der Waals surface area (Å²) in [6.45, 7) is 10.7. The van der Waals surface area contributed by atoms with Crippen LogP contribution in [0.5, 0.6) is 0 Å². The first-order valence-electron chi connectivity index (χ1n) is 17.4. The highest BCUT2D eigenvalue weighted by atomic mass is 16.6. The van der Waals surface area contributed by atoms with Crippen LogP contribution in [0.3, 0.4) is 0 Å². The standard InChI is InChI=1S/C20H28N2O6.C19H26N2O6/c1-20(2,3)28-19(26)21-12-17(24)22(4)13-14-6-8-15(9-7-14)16(23)10-11-18(25)27-5;1-19(2,3)27-18(26)20-11-16(23)21(4)12-13-5-7-14(8-6-13)15(22)9-10-17(24)25/h6-9H,10-13H2,1-5H3,(H,21,26);5-8H,9-12H2,1-4H3,(H,20,26)(H,24,25). The first-order valence-corrected chi connectivity index (χ1v) is 17.4. The molecule has 2 rings (SSSR count). The maximum Gasteiger partial charge on any atom is 0.408 e. The van der Waals surface area contributed by atoms with Crippen molar-refractivity contribution in [3.8, 4) is 0 Å². The second-order valence-corrected chi connectivity index (χ2v) is 14.4. The van der Waals surface area contributed by atoms with E-state index in [-0.39, 0.29) is 62.2 Å². The maximum absolute atomic E-state index is 12.1. The molecule has 0 aliphatic heterocycles. The summed E-state index contributed by atoms with van der Waals surface area (Å²) in [4.78, 5) is 95.8. The summed E-state index contributed by atoms with van der Waals surface area (Å²) >= 11 is 0. The highest BCUT2D eigenvalue weighted by Crippen LogP contribution is 2.13. The van der Waals surface area contributed by atoms with Crippen molar-refractivity contribution in [2.45, 2.75) is 91.5 Å². The minimum atomic E-state index is -1.01. The number of rotatable bonds is 16. The molecule has 55 heavy (non-hydrogen) atoms. The molecule has 2 aromatic rings. The third kappa shape index (κ3) is 20.9. The second-order valence-electron chi connectivity index (χ2n) is 14.4. The van der Waals surface area contributed by atoms with E-state index in [1.807, 2.05) is 0 Å². The van der Waals surface area contributed by atoms with Gasteiger partial charge in [-0.05, 0) is 52.7 Å². The number of esters is 1. The number of ketones is 2. The number of aliphatic carboxylic acids is 1. The zero-order valence-corrected chi connectivity index (χ0v) is 33.1. The van der Waals surface area contributed by atoms with E-state index in [9.17, 15) is 38.4 Å². The van der Waals surface area contributed by atoms with E-state index in [0.717, 1.165) is 11.1 Å². The van der Waals surface area contributed by atoms with Gasteiger partial charge in [-0.1, -0.05) is 48.5 Å². The number of carbonyl (C=O) groups is 8. The number of likely N-dealkylation sites (N-methyl/N-ethyl adjacent to an activating group) is 2. The number of carboxylic acid groups (broad SMARTS) is 1. The predicted molar refractivity (Wildman–Crippen MR) is 201 cm³/mol. The van der Waals surface area contributed by atoms with Crippen molar-refractivity contribution >= 4 is 47.5 Å². The normalized spacial score (nSPS) is 10.8. The van der Waals surface area contributed by atoms with Crippen molar-refractivity contribution < 1.29 is 57.7 Å². The number of Topliss-reactive ketones (excluding diaryl/α,β-unsaturated/α-hetero) is 2. The van der Waals surface area contributed by atoms with Crippen LogP contribution in [0.25, 0.3) is 0 Å². The van der Waals surface area contributed by atoms with Gasteiger partial charge in [0.15, 0.2) is 11.6 Å². The van der Waals surface area contributed by atoms with E-state index < -0.39 is 35.3 Å². The lowest BCUT2D eigenvalue weighted by Crippen LogP contribution is -2.40. The highest BCUT2D eigenvalue weighted by Gasteiger charge is 2.19. The lowest BCUT2D eigenvalue weighted by Gasteiger charge is -2.21. The number of carboxylic acids is 1. The van der Waals surface area contributed by atoms with Crippen LogP contribution >= 0.6 is 0 Å². The summed E-state index contributed by atoms with van der Waals surface area (Å²) < 4.78 is 14.7. The molecule has 0 aromatic heterocycles. The van der Waals surface area contributed by atoms with Crippen molar-refractivity contribution in [3.63, 3.8) is 0 Å². The molecule has 0 radical (unpaired) electrons. The summed E-state index contributed by atoms with van der Waals surface area (Å²) in [6.07, 6.45) is -1.44. The molecule has 0 aliphatic carbocycles. The van der Waals surface area contributed by atoms with Crippen LogP contribution in [-0.4, -0.2) is 108 Å². The largest absolute Gasteiger partial charge is 0.481 e. The summed E-state index contributed by atoms with van der Waals surface area (Å²) in [6, 6.07) is 13.4. The number of hydrogen-bond acceptors (Lipinski definition) is 11. The van der Waals surface area contributed by atoms with E-state index in [1.165, 1.54) is 16.9 Å². The number of hydrogen-bond donors (Lipinski definition) is 3. The lowest BCUT2D eigenvalue weighted by molar-refractivity contribution is -0.140. The van der Waals surface area contributed by atoms with Gasteiger partial charge < -0.3 is 39.8 Å². The number of nitrogens with one attached hydrogen (secondary N) is 2. The Morgan fingerprint density at radius 2 is 0.927 bits per heavy atom. The molecule has 0 saturated heterocycles. The fraction of sp³-hybridized carbons (Fsp3) is 0.487. The Balaban J connectivity index is 0.000000550. The molecular weight excluding hydrogens is 716 g/mol. The van der Waals surface area contributed by atoms with Crippen LogP contribution in [0, 0.1) is 0 Å². The number of benzene rings is 2. The van der Waals surface area contributed by atoms with Crippen molar-refractivity contribution in [1.82, 2.24) is 20.4 Å². The van der Waals surface area contributed by atoms with Gasteiger partial charge in [0.2, 0.25) is 11.8 Å². The number of carbonyl (C=O) groups excluding carboxylic acids is 7.